The van der Waals surface area contributed by atoms with Gasteiger partial charge in [0.15, 0.2) is 0 Å². The molecule has 2 saturated heterocycles. The van der Waals surface area contributed by atoms with Crippen LogP contribution in [0.3, 0.4) is 0 Å². The molecule has 7 nitrogen and oxygen atoms in total. The van der Waals surface area contributed by atoms with Gasteiger partial charge in [-0.3, -0.25) is 9.59 Å². The summed E-state index contributed by atoms with van der Waals surface area (Å²) in [6.45, 7) is 6.45. The molecule has 8 heteroatoms. The molecule has 3 rings (SSSR count). The first kappa shape index (κ1) is 16.2. The van der Waals surface area contributed by atoms with E-state index in [4.69, 9.17) is 0 Å². The molecule has 126 valence electrons. The Labute approximate surface area is 140 Å². The molecule has 1 atom stereocenters. The first-order valence-corrected chi connectivity index (χ1v) is 8.98. The monoisotopic (exact) mass is 337 g/mol. The number of nitrogens with zero attached hydrogens (tertiary/aromatic N) is 4. The van der Waals surface area contributed by atoms with E-state index in [0.717, 1.165) is 18.0 Å². The summed E-state index contributed by atoms with van der Waals surface area (Å²) in [5.74, 6) is 0.176. The highest BCUT2D eigenvalue weighted by atomic mass is 32.1. The predicted molar refractivity (Wildman–Crippen MR) is 88.3 cm³/mol. The second kappa shape index (κ2) is 6.43. The number of hydrogen-bond donors (Lipinski definition) is 1. The molecule has 1 spiro atoms. The second-order valence-corrected chi connectivity index (χ2v) is 7.55. The van der Waals surface area contributed by atoms with Crippen molar-refractivity contribution in [2.24, 2.45) is 5.92 Å². The van der Waals surface area contributed by atoms with Gasteiger partial charge in [0.25, 0.3) is 0 Å². The molecule has 0 bridgehead atoms. The van der Waals surface area contributed by atoms with Crippen LogP contribution >= 0.6 is 11.3 Å². The number of carbonyl (C=O) groups is 2. The average molecular weight is 337 g/mol. The third-order valence-corrected chi connectivity index (χ3v) is 5.27. The van der Waals surface area contributed by atoms with E-state index in [1.807, 2.05) is 18.7 Å². The fraction of sp³-hybridized carbons (Fsp3) is 0.733. The third-order valence-electron chi connectivity index (χ3n) is 4.52. The van der Waals surface area contributed by atoms with Gasteiger partial charge in [-0.15, -0.1) is 10.2 Å². The first-order chi connectivity index (χ1) is 11.0. The number of hydrogen-bond acceptors (Lipinski definition) is 6. The van der Waals surface area contributed by atoms with Crippen LogP contribution in [0, 0.1) is 5.92 Å². The van der Waals surface area contributed by atoms with Crippen molar-refractivity contribution in [3.05, 3.63) is 5.51 Å². The van der Waals surface area contributed by atoms with E-state index in [-0.39, 0.29) is 23.3 Å². The summed E-state index contributed by atoms with van der Waals surface area (Å²) in [7, 11) is 0. The van der Waals surface area contributed by atoms with Crippen molar-refractivity contribution in [2.45, 2.75) is 38.6 Å². The highest BCUT2D eigenvalue weighted by molar-refractivity contribution is 7.13. The minimum atomic E-state index is -0.387. The van der Waals surface area contributed by atoms with E-state index in [2.05, 4.69) is 20.4 Å². The zero-order valence-corrected chi connectivity index (χ0v) is 14.4. The van der Waals surface area contributed by atoms with Gasteiger partial charge < -0.3 is 15.1 Å². The maximum Gasteiger partial charge on any atom is 0.225 e. The molecule has 1 aromatic heterocycles. The number of nitrogens with one attached hydrogen (secondary N) is 1. The second-order valence-electron chi connectivity index (χ2n) is 6.74. The summed E-state index contributed by atoms with van der Waals surface area (Å²) < 4.78 is 0. The van der Waals surface area contributed by atoms with Gasteiger partial charge in [0.2, 0.25) is 16.9 Å². The average Bonchev–Trinajstić information content (AvgIpc) is 2.97. The summed E-state index contributed by atoms with van der Waals surface area (Å²) in [6.07, 6.45) is 2.31. The molecule has 23 heavy (non-hydrogen) atoms. The molecule has 0 radical (unpaired) electrons. The van der Waals surface area contributed by atoms with Gasteiger partial charge in [-0.1, -0.05) is 25.2 Å². The van der Waals surface area contributed by atoms with E-state index >= 15 is 0 Å². The molecule has 1 aromatic rings. The Morgan fingerprint density at radius 3 is 2.87 bits per heavy atom. The summed E-state index contributed by atoms with van der Waals surface area (Å²) in [4.78, 5) is 28.6. The summed E-state index contributed by atoms with van der Waals surface area (Å²) in [5, 5.41) is 12.1. The number of anilines is 1. The standard InChI is InChI=1S/C15H23N5O2S/c1-11(2)13(22)19-6-7-20(14-18-16-10-23-14)9-15(8-19)5-3-4-12(21)17-15/h10-11H,3-9H2,1-2H3,(H,17,21)/t15-/m0/s1. The van der Waals surface area contributed by atoms with Crippen LogP contribution in [0.4, 0.5) is 5.13 Å². The van der Waals surface area contributed by atoms with Gasteiger partial charge >= 0.3 is 0 Å². The third kappa shape index (κ3) is 3.46. The lowest BCUT2D eigenvalue weighted by Gasteiger charge is -2.41. The normalized spacial score (nSPS) is 25.6. The number of carbonyl (C=O) groups excluding carboxylic acids is 2. The van der Waals surface area contributed by atoms with E-state index < -0.39 is 0 Å². The van der Waals surface area contributed by atoms with Crippen molar-refractivity contribution in [3.8, 4) is 0 Å². The largest absolute Gasteiger partial charge is 0.347 e. The summed E-state index contributed by atoms with van der Waals surface area (Å²) in [6, 6.07) is 0. The lowest BCUT2D eigenvalue weighted by atomic mass is 9.87. The van der Waals surface area contributed by atoms with Gasteiger partial charge in [0, 0.05) is 38.5 Å². The van der Waals surface area contributed by atoms with Gasteiger partial charge in [0.1, 0.15) is 5.51 Å². The van der Waals surface area contributed by atoms with Crippen molar-refractivity contribution in [2.75, 3.05) is 31.1 Å². The number of amides is 2. The van der Waals surface area contributed by atoms with Crippen LogP contribution in [0.25, 0.3) is 0 Å². The Morgan fingerprint density at radius 1 is 1.39 bits per heavy atom. The fourth-order valence-corrected chi connectivity index (χ4v) is 4.03. The van der Waals surface area contributed by atoms with Gasteiger partial charge in [-0.05, 0) is 12.8 Å². The van der Waals surface area contributed by atoms with E-state index in [1.165, 1.54) is 11.3 Å². The molecule has 0 aromatic carbocycles. The summed E-state index contributed by atoms with van der Waals surface area (Å²) >= 11 is 1.49. The maximum atomic E-state index is 12.5. The molecule has 2 aliphatic heterocycles. The molecule has 0 saturated carbocycles. The predicted octanol–water partition coefficient (Wildman–Crippen LogP) is 0.882. The quantitative estimate of drug-likeness (QED) is 0.867. The molecule has 2 aliphatic rings. The summed E-state index contributed by atoms with van der Waals surface area (Å²) in [5.41, 5.74) is 1.32. The van der Waals surface area contributed by atoms with Crippen molar-refractivity contribution in [1.29, 1.82) is 0 Å². The Bertz CT molecular complexity index is 576. The number of aromatic nitrogens is 2. The first-order valence-electron chi connectivity index (χ1n) is 8.10. The zero-order chi connectivity index (χ0) is 16.4. The topological polar surface area (TPSA) is 78.4 Å². The molecular formula is C15H23N5O2S. The van der Waals surface area contributed by atoms with Crippen molar-refractivity contribution in [1.82, 2.24) is 20.4 Å². The Kier molecular flexibility index (Phi) is 4.52. The Balaban J connectivity index is 1.87. The van der Waals surface area contributed by atoms with Crippen molar-refractivity contribution < 1.29 is 9.59 Å². The zero-order valence-electron chi connectivity index (χ0n) is 13.6. The van der Waals surface area contributed by atoms with Gasteiger partial charge in [0.05, 0.1) is 5.54 Å². The number of rotatable bonds is 2. The maximum absolute atomic E-state index is 12.5. The Hall–Kier alpha value is -1.70. The van der Waals surface area contributed by atoms with Crippen LogP contribution in [0.15, 0.2) is 5.51 Å². The smallest absolute Gasteiger partial charge is 0.225 e. The van der Waals surface area contributed by atoms with Crippen LogP contribution in [0.2, 0.25) is 0 Å². The molecule has 1 N–H and O–H groups in total. The minimum absolute atomic E-state index is 0.0422. The van der Waals surface area contributed by atoms with Crippen molar-refractivity contribution in [3.63, 3.8) is 0 Å². The highest BCUT2D eigenvalue weighted by Crippen LogP contribution is 2.28. The highest BCUT2D eigenvalue weighted by Gasteiger charge is 2.42. The lowest BCUT2D eigenvalue weighted by Crippen LogP contribution is -2.61. The lowest BCUT2D eigenvalue weighted by molar-refractivity contribution is -0.136. The van der Waals surface area contributed by atoms with Crippen LogP contribution in [-0.2, 0) is 9.59 Å². The van der Waals surface area contributed by atoms with E-state index in [0.29, 0.717) is 32.6 Å². The van der Waals surface area contributed by atoms with E-state index in [9.17, 15) is 9.59 Å². The van der Waals surface area contributed by atoms with Crippen LogP contribution in [-0.4, -0.2) is 58.6 Å². The van der Waals surface area contributed by atoms with Gasteiger partial charge in [-0.25, -0.2) is 0 Å². The SMILES string of the molecule is CC(C)C(=O)N1CCN(c2nncs2)C[C@]2(CCCC(=O)N2)C1. The number of piperidine rings is 1. The van der Waals surface area contributed by atoms with E-state index in [1.54, 1.807) is 5.51 Å². The Morgan fingerprint density at radius 2 is 2.22 bits per heavy atom. The van der Waals surface area contributed by atoms with Crippen LogP contribution < -0.4 is 10.2 Å². The van der Waals surface area contributed by atoms with Gasteiger partial charge in [-0.2, -0.15) is 0 Å². The van der Waals surface area contributed by atoms with Crippen molar-refractivity contribution >= 4 is 28.3 Å². The molecule has 0 aliphatic carbocycles. The molecule has 0 unspecified atom stereocenters. The molecular weight excluding hydrogens is 314 g/mol. The molecule has 3 heterocycles. The van der Waals surface area contributed by atoms with Crippen LogP contribution in [0.5, 0.6) is 0 Å². The van der Waals surface area contributed by atoms with Crippen LogP contribution in [0.1, 0.15) is 33.1 Å². The fourth-order valence-electron chi connectivity index (χ4n) is 3.45. The molecule has 2 amide bonds. The molecule has 2 fully saturated rings. The minimum Gasteiger partial charge on any atom is -0.347 e.